The number of anilines is 1. The molecule has 3 aliphatic heterocycles. The Bertz CT molecular complexity index is 717. The Labute approximate surface area is 173 Å². The first-order valence-electron chi connectivity index (χ1n) is 11.5. The summed E-state index contributed by atoms with van der Waals surface area (Å²) in [5, 5.41) is 15.6. The van der Waals surface area contributed by atoms with E-state index in [2.05, 4.69) is 36.7 Å². The van der Waals surface area contributed by atoms with Crippen LogP contribution in [-0.4, -0.2) is 72.4 Å². The summed E-state index contributed by atoms with van der Waals surface area (Å²) in [4.78, 5) is 17.5. The van der Waals surface area contributed by atoms with E-state index >= 15 is 0 Å². The van der Waals surface area contributed by atoms with Crippen molar-refractivity contribution < 1.29 is 4.79 Å². The average Bonchev–Trinajstić information content (AvgIpc) is 2.75. The van der Waals surface area contributed by atoms with Crippen LogP contribution in [0.25, 0.3) is 0 Å². The maximum Gasteiger partial charge on any atom is 0.224 e. The van der Waals surface area contributed by atoms with E-state index in [-0.39, 0.29) is 5.92 Å². The third-order valence-corrected chi connectivity index (χ3v) is 7.64. The lowest BCUT2D eigenvalue weighted by molar-refractivity contribution is -0.133. The quantitative estimate of drug-likeness (QED) is 0.797. The molecule has 4 aliphatic rings. The molecular weight excluding hydrogens is 364 g/mol. The lowest BCUT2D eigenvalue weighted by atomic mass is 9.67. The maximum absolute atomic E-state index is 12.6. The molecule has 7 heteroatoms. The number of hydrogen-bond acceptors (Lipinski definition) is 6. The van der Waals surface area contributed by atoms with Gasteiger partial charge in [0.05, 0.1) is 11.6 Å². The lowest BCUT2D eigenvalue weighted by Crippen LogP contribution is -2.64. The second-order valence-corrected chi connectivity index (χ2v) is 9.51. The van der Waals surface area contributed by atoms with Crippen LogP contribution < -0.4 is 15.5 Å². The van der Waals surface area contributed by atoms with Gasteiger partial charge < -0.3 is 15.5 Å². The van der Waals surface area contributed by atoms with E-state index in [0.717, 1.165) is 70.0 Å². The highest BCUT2D eigenvalue weighted by molar-refractivity contribution is 5.81. The molecule has 3 saturated heterocycles. The Morgan fingerprint density at radius 1 is 1.10 bits per heavy atom. The van der Waals surface area contributed by atoms with Crippen molar-refractivity contribution in [3.8, 4) is 0 Å². The van der Waals surface area contributed by atoms with E-state index < -0.39 is 0 Å². The zero-order valence-electron chi connectivity index (χ0n) is 17.5. The van der Waals surface area contributed by atoms with Gasteiger partial charge in [-0.05, 0) is 69.5 Å². The van der Waals surface area contributed by atoms with Gasteiger partial charge in [0.15, 0.2) is 5.82 Å². The Morgan fingerprint density at radius 2 is 1.97 bits per heavy atom. The van der Waals surface area contributed by atoms with Crippen LogP contribution in [0, 0.1) is 24.7 Å². The first kappa shape index (κ1) is 19.2. The molecule has 1 aliphatic carbocycles. The number of aryl methyl sites for hydroxylation is 1. The highest BCUT2D eigenvalue weighted by atomic mass is 16.2. The molecule has 0 bridgehead atoms. The summed E-state index contributed by atoms with van der Waals surface area (Å²) >= 11 is 0. The molecule has 4 heterocycles. The number of hydrogen-bond donors (Lipinski definition) is 2. The molecule has 0 radical (unpaired) electrons. The first-order valence-corrected chi connectivity index (χ1v) is 11.5. The van der Waals surface area contributed by atoms with Gasteiger partial charge in [0.2, 0.25) is 5.91 Å². The van der Waals surface area contributed by atoms with Crippen molar-refractivity contribution in [3.63, 3.8) is 0 Å². The summed E-state index contributed by atoms with van der Waals surface area (Å²) in [5.74, 6) is 2.83. The van der Waals surface area contributed by atoms with Gasteiger partial charge in [0.25, 0.3) is 0 Å². The SMILES string of the molecule is Cc1ccc(N2CCN(CC3CCC4C(C3)NC(=O)C3CCCNC34)CC2)nn1. The summed E-state index contributed by atoms with van der Waals surface area (Å²) in [6, 6.07) is 4.91. The van der Waals surface area contributed by atoms with Crippen molar-refractivity contribution in [2.75, 3.05) is 44.2 Å². The maximum atomic E-state index is 12.6. The minimum atomic E-state index is 0.208. The molecule has 158 valence electrons. The van der Waals surface area contributed by atoms with Crippen molar-refractivity contribution in [3.05, 3.63) is 17.8 Å². The van der Waals surface area contributed by atoms with Gasteiger partial charge in [-0.2, -0.15) is 5.10 Å². The largest absolute Gasteiger partial charge is 0.353 e. The Morgan fingerprint density at radius 3 is 2.76 bits per heavy atom. The van der Waals surface area contributed by atoms with Crippen LogP contribution in [0.3, 0.4) is 0 Å². The van der Waals surface area contributed by atoms with Crippen LogP contribution in [-0.2, 0) is 4.79 Å². The number of piperidine rings is 2. The van der Waals surface area contributed by atoms with E-state index in [0.29, 0.717) is 29.8 Å². The number of aromatic nitrogens is 2. The van der Waals surface area contributed by atoms with Crippen molar-refractivity contribution in [2.45, 2.75) is 51.1 Å². The second kappa shape index (κ2) is 8.19. The Kier molecular flexibility index (Phi) is 5.43. The van der Waals surface area contributed by atoms with Crippen LogP contribution in [0.15, 0.2) is 12.1 Å². The fourth-order valence-electron chi connectivity index (χ4n) is 6.07. The third kappa shape index (κ3) is 3.99. The topological polar surface area (TPSA) is 73.4 Å². The summed E-state index contributed by atoms with van der Waals surface area (Å²) < 4.78 is 0. The summed E-state index contributed by atoms with van der Waals surface area (Å²) in [7, 11) is 0. The molecule has 0 aromatic carbocycles. The predicted octanol–water partition coefficient (Wildman–Crippen LogP) is 1.19. The van der Waals surface area contributed by atoms with E-state index in [1.807, 2.05) is 13.0 Å². The Hall–Kier alpha value is -1.73. The van der Waals surface area contributed by atoms with Crippen LogP contribution in [0.5, 0.6) is 0 Å². The highest BCUT2D eigenvalue weighted by Crippen LogP contribution is 2.39. The minimum Gasteiger partial charge on any atom is -0.353 e. The van der Waals surface area contributed by atoms with E-state index in [9.17, 15) is 4.79 Å². The van der Waals surface area contributed by atoms with Gasteiger partial charge in [0, 0.05) is 44.8 Å². The molecule has 0 spiro atoms. The lowest BCUT2D eigenvalue weighted by Gasteiger charge is -2.50. The van der Waals surface area contributed by atoms with Gasteiger partial charge in [-0.25, -0.2) is 0 Å². The fourth-order valence-corrected chi connectivity index (χ4v) is 6.07. The van der Waals surface area contributed by atoms with E-state index in [1.165, 1.54) is 12.8 Å². The van der Waals surface area contributed by atoms with Crippen LogP contribution in [0.1, 0.15) is 37.8 Å². The number of piperazine rings is 1. The second-order valence-electron chi connectivity index (χ2n) is 9.51. The van der Waals surface area contributed by atoms with Crippen LogP contribution >= 0.6 is 0 Å². The van der Waals surface area contributed by atoms with Crippen LogP contribution in [0.4, 0.5) is 5.82 Å². The van der Waals surface area contributed by atoms with Gasteiger partial charge in [0.1, 0.15) is 0 Å². The van der Waals surface area contributed by atoms with Gasteiger partial charge >= 0.3 is 0 Å². The number of carbonyl (C=O) groups is 1. The smallest absolute Gasteiger partial charge is 0.224 e. The number of carbonyl (C=O) groups excluding carboxylic acids is 1. The van der Waals surface area contributed by atoms with Crippen molar-refractivity contribution in [1.82, 2.24) is 25.7 Å². The summed E-state index contributed by atoms with van der Waals surface area (Å²) in [5.41, 5.74) is 0.965. The van der Waals surface area contributed by atoms with Crippen LogP contribution in [0.2, 0.25) is 0 Å². The van der Waals surface area contributed by atoms with Crippen molar-refractivity contribution in [1.29, 1.82) is 0 Å². The number of amides is 1. The molecule has 1 amide bonds. The molecule has 1 saturated carbocycles. The normalized spacial score (nSPS) is 35.6. The zero-order chi connectivity index (χ0) is 19.8. The summed E-state index contributed by atoms with van der Waals surface area (Å²) in [6.45, 7) is 8.41. The van der Waals surface area contributed by atoms with Gasteiger partial charge in [-0.1, -0.05) is 0 Å². The third-order valence-electron chi connectivity index (χ3n) is 7.64. The summed E-state index contributed by atoms with van der Waals surface area (Å²) in [6.07, 6.45) is 5.89. The highest BCUT2D eigenvalue weighted by Gasteiger charge is 2.47. The molecule has 5 atom stereocenters. The van der Waals surface area contributed by atoms with Gasteiger partial charge in [-0.15, -0.1) is 5.10 Å². The molecule has 2 N–H and O–H groups in total. The average molecular weight is 399 g/mol. The molecule has 4 fully saturated rings. The standard InChI is InChI=1S/C22H34N6O/c1-15-4-7-20(26-25-15)28-11-9-27(10-12-28)14-16-5-6-17-19(13-16)24-22(29)18-3-2-8-23-21(17)18/h4,7,16-19,21,23H,2-3,5-6,8-14H2,1H3,(H,24,29). The van der Waals surface area contributed by atoms with E-state index in [1.54, 1.807) is 0 Å². The monoisotopic (exact) mass is 398 g/mol. The number of rotatable bonds is 3. The Balaban J connectivity index is 1.13. The molecule has 5 rings (SSSR count). The number of fused-ring (bicyclic) bond motifs is 3. The van der Waals surface area contributed by atoms with Crippen molar-refractivity contribution in [2.24, 2.45) is 17.8 Å². The molecule has 5 unspecified atom stereocenters. The molecule has 7 nitrogen and oxygen atoms in total. The van der Waals surface area contributed by atoms with Crippen molar-refractivity contribution >= 4 is 11.7 Å². The minimum absolute atomic E-state index is 0.208. The molecule has 1 aromatic rings. The van der Waals surface area contributed by atoms with Gasteiger partial charge in [-0.3, -0.25) is 9.69 Å². The molecule has 1 aromatic heterocycles. The molecular formula is C22H34N6O. The predicted molar refractivity (Wildman–Crippen MR) is 113 cm³/mol. The fraction of sp³-hybridized carbons (Fsp3) is 0.773. The number of nitrogens with one attached hydrogen (secondary N) is 2. The zero-order valence-corrected chi connectivity index (χ0v) is 17.5. The number of nitrogens with zero attached hydrogens (tertiary/aromatic N) is 4. The first-order chi connectivity index (χ1) is 14.2. The van der Waals surface area contributed by atoms with E-state index in [4.69, 9.17) is 0 Å². The molecule has 29 heavy (non-hydrogen) atoms.